The van der Waals surface area contributed by atoms with E-state index in [2.05, 4.69) is 5.32 Å². The first-order valence-corrected chi connectivity index (χ1v) is 13.5. The summed E-state index contributed by atoms with van der Waals surface area (Å²) in [6.07, 6.45) is 5.16. The van der Waals surface area contributed by atoms with E-state index in [0.717, 1.165) is 31.7 Å². The molecule has 1 aromatic carbocycles. The molecular formula is C28H34FN3O7. The zero-order chi connectivity index (χ0) is 28.4. The normalized spacial score (nSPS) is 33.0. The van der Waals surface area contributed by atoms with E-state index in [1.807, 2.05) is 0 Å². The minimum atomic E-state index is -2.80. The van der Waals surface area contributed by atoms with Gasteiger partial charge in [0.15, 0.2) is 34.7 Å². The SMILES string of the molecule is CN(C)[C@@H]1C(=O)C(C(N)=O)C(=O)[C@@]2(O)C(=O)C3C(=O)c4c(O)c(NCC5CCCCC5)cc(F)c4C[C@H]3C[C@@H]12. The maximum atomic E-state index is 15.4. The predicted molar refractivity (Wildman–Crippen MR) is 136 cm³/mol. The first kappa shape index (κ1) is 27.4. The molecule has 0 spiro atoms. The summed E-state index contributed by atoms with van der Waals surface area (Å²) >= 11 is 0. The van der Waals surface area contributed by atoms with Crippen molar-refractivity contribution in [3.8, 4) is 5.75 Å². The first-order chi connectivity index (χ1) is 18.4. The minimum Gasteiger partial charge on any atom is -0.505 e. The average molecular weight is 544 g/mol. The number of nitrogens with two attached hydrogens (primary N) is 1. The Hall–Kier alpha value is -3.18. The molecule has 3 fully saturated rings. The highest BCUT2D eigenvalue weighted by Gasteiger charge is 2.69. The van der Waals surface area contributed by atoms with Gasteiger partial charge in [0.2, 0.25) is 5.91 Å². The van der Waals surface area contributed by atoms with Gasteiger partial charge in [0.1, 0.15) is 11.6 Å². The van der Waals surface area contributed by atoms with Crippen LogP contribution in [0.1, 0.15) is 54.4 Å². The van der Waals surface area contributed by atoms with Crippen molar-refractivity contribution < 1.29 is 38.6 Å². The molecule has 39 heavy (non-hydrogen) atoms. The molecule has 4 aliphatic rings. The summed E-state index contributed by atoms with van der Waals surface area (Å²) in [5, 5.41) is 25.7. The fraction of sp³-hybridized carbons (Fsp3) is 0.607. The van der Waals surface area contributed by atoms with Crippen molar-refractivity contribution in [1.29, 1.82) is 0 Å². The zero-order valence-electron chi connectivity index (χ0n) is 22.0. The van der Waals surface area contributed by atoms with Crippen LogP contribution in [-0.4, -0.2) is 76.4 Å². The van der Waals surface area contributed by atoms with Crippen LogP contribution in [0, 0.1) is 35.4 Å². The largest absolute Gasteiger partial charge is 0.505 e. The molecule has 10 nitrogen and oxygen atoms in total. The number of carbonyl (C=O) groups excluding carboxylic acids is 5. The Morgan fingerprint density at radius 2 is 1.82 bits per heavy atom. The van der Waals surface area contributed by atoms with Crippen molar-refractivity contribution in [2.45, 2.75) is 56.6 Å². The van der Waals surface area contributed by atoms with Gasteiger partial charge in [0.25, 0.3) is 0 Å². The lowest BCUT2D eigenvalue weighted by molar-refractivity contribution is -0.181. The van der Waals surface area contributed by atoms with Gasteiger partial charge in [0.05, 0.1) is 23.2 Å². The average Bonchev–Trinajstić information content (AvgIpc) is 2.87. The molecule has 0 heterocycles. The Morgan fingerprint density at radius 1 is 1.15 bits per heavy atom. The van der Waals surface area contributed by atoms with Gasteiger partial charge in [-0.15, -0.1) is 0 Å². The first-order valence-electron chi connectivity index (χ1n) is 13.5. The van der Waals surface area contributed by atoms with Crippen LogP contribution in [0.25, 0.3) is 0 Å². The van der Waals surface area contributed by atoms with Gasteiger partial charge in [-0.3, -0.25) is 28.9 Å². The number of carbonyl (C=O) groups is 5. The lowest BCUT2D eigenvalue weighted by Crippen LogP contribution is -2.74. The van der Waals surface area contributed by atoms with Crippen LogP contribution >= 0.6 is 0 Å². The number of phenols is 1. The van der Waals surface area contributed by atoms with Gasteiger partial charge < -0.3 is 21.3 Å². The fourth-order valence-corrected chi connectivity index (χ4v) is 7.41. The number of nitrogens with zero attached hydrogens (tertiary/aromatic N) is 1. The zero-order valence-corrected chi connectivity index (χ0v) is 22.0. The maximum Gasteiger partial charge on any atom is 0.235 e. The summed E-state index contributed by atoms with van der Waals surface area (Å²) in [6.45, 7) is 0.495. The summed E-state index contributed by atoms with van der Waals surface area (Å²) in [6, 6.07) is -0.0458. The second kappa shape index (κ2) is 9.78. The number of nitrogens with one attached hydrogen (secondary N) is 1. The Labute approximate surface area is 225 Å². The van der Waals surface area contributed by atoms with Gasteiger partial charge in [-0.05, 0) is 51.6 Å². The van der Waals surface area contributed by atoms with Crippen molar-refractivity contribution in [1.82, 2.24) is 4.90 Å². The van der Waals surface area contributed by atoms with Crippen LogP contribution in [0.3, 0.4) is 0 Å². The quantitative estimate of drug-likeness (QED) is 0.313. The lowest BCUT2D eigenvalue weighted by Gasteiger charge is -2.52. The number of hydrogen-bond acceptors (Lipinski definition) is 9. The molecule has 0 aliphatic heterocycles. The highest BCUT2D eigenvalue weighted by Crippen LogP contribution is 2.51. The smallest absolute Gasteiger partial charge is 0.235 e. The molecule has 11 heteroatoms. The van der Waals surface area contributed by atoms with E-state index in [-0.39, 0.29) is 29.7 Å². The van der Waals surface area contributed by atoms with Crippen molar-refractivity contribution in [3.05, 3.63) is 23.0 Å². The topological polar surface area (TPSA) is 167 Å². The number of aromatic hydroxyl groups is 1. The van der Waals surface area contributed by atoms with Crippen molar-refractivity contribution in [2.75, 3.05) is 26.0 Å². The van der Waals surface area contributed by atoms with Crippen LogP contribution in [0.2, 0.25) is 0 Å². The number of ketones is 4. The third kappa shape index (κ3) is 4.09. The number of fused-ring (bicyclic) bond motifs is 3. The summed E-state index contributed by atoms with van der Waals surface area (Å²) in [5.74, 6) is -11.9. The third-order valence-corrected chi connectivity index (χ3v) is 9.31. The van der Waals surface area contributed by atoms with Gasteiger partial charge in [-0.2, -0.15) is 0 Å². The molecule has 5 N–H and O–H groups in total. The molecule has 4 aliphatic carbocycles. The van der Waals surface area contributed by atoms with E-state index in [9.17, 15) is 34.2 Å². The van der Waals surface area contributed by atoms with Crippen LogP contribution < -0.4 is 11.1 Å². The molecule has 1 aromatic rings. The van der Waals surface area contributed by atoms with E-state index in [1.165, 1.54) is 25.4 Å². The van der Waals surface area contributed by atoms with Crippen molar-refractivity contribution >= 4 is 34.7 Å². The van der Waals surface area contributed by atoms with Crippen LogP contribution in [-0.2, 0) is 25.6 Å². The molecule has 2 unspecified atom stereocenters. The number of phenolic OH excluding ortho intramolecular Hbond substituents is 1. The number of Topliss-reactive ketones (excluding diaryl/α,β-unsaturated/α-hetero) is 4. The number of amides is 1. The standard InChI is InChI=1S/C28H34FN3O7/c1-32(2)21-15-9-13-8-14-16(29)10-17(31-11-12-6-4-3-5-7-12)22(33)19(14)23(34)18(13)25(36)28(15,39)26(37)20(24(21)35)27(30)38/h10,12-13,15,18,20-21,31,33,39H,3-9,11H2,1-2H3,(H2,30,38)/t13-,15-,18?,20?,21-,28-/m0/s1. The number of primary amides is 1. The van der Waals surface area contributed by atoms with Crippen LogP contribution in [0.4, 0.5) is 10.1 Å². The van der Waals surface area contributed by atoms with Crippen molar-refractivity contribution in [2.24, 2.45) is 35.3 Å². The second-order valence-electron chi connectivity index (χ2n) is 11.8. The number of likely N-dealkylation sites (N-methyl/N-ethyl adjacent to an activating group) is 1. The number of rotatable bonds is 5. The number of hydrogen-bond donors (Lipinski definition) is 4. The molecule has 0 bridgehead atoms. The minimum absolute atomic E-state index is 0.0370. The van der Waals surface area contributed by atoms with Crippen LogP contribution in [0.5, 0.6) is 5.75 Å². The van der Waals surface area contributed by atoms with Crippen LogP contribution in [0.15, 0.2) is 6.07 Å². The summed E-state index contributed by atoms with van der Waals surface area (Å²) in [5.41, 5.74) is 2.19. The summed E-state index contributed by atoms with van der Waals surface area (Å²) in [4.78, 5) is 67.5. The Morgan fingerprint density at radius 3 is 2.44 bits per heavy atom. The number of aliphatic hydroxyl groups is 1. The highest BCUT2D eigenvalue weighted by atomic mass is 19.1. The van der Waals surface area contributed by atoms with Gasteiger partial charge in [0, 0.05) is 24.1 Å². The lowest BCUT2D eigenvalue weighted by atomic mass is 9.52. The van der Waals surface area contributed by atoms with E-state index in [1.54, 1.807) is 0 Å². The predicted octanol–water partition coefficient (Wildman–Crippen LogP) is 0.998. The number of halogens is 1. The van der Waals surface area contributed by atoms with Gasteiger partial charge in [-0.1, -0.05) is 19.3 Å². The molecule has 0 radical (unpaired) electrons. The van der Waals surface area contributed by atoms with E-state index in [4.69, 9.17) is 5.73 Å². The molecule has 0 saturated heterocycles. The summed E-state index contributed by atoms with van der Waals surface area (Å²) in [7, 11) is 3.02. The van der Waals surface area contributed by atoms with Gasteiger partial charge >= 0.3 is 0 Å². The van der Waals surface area contributed by atoms with Crippen molar-refractivity contribution in [3.63, 3.8) is 0 Å². The highest BCUT2D eigenvalue weighted by molar-refractivity contribution is 6.32. The molecule has 1 amide bonds. The Bertz CT molecular complexity index is 1270. The monoisotopic (exact) mass is 543 g/mol. The Balaban J connectivity index is 1.53. The van der Waals surface area contributed by atoms with E-state index >= 15 is 4.39 Å². The van der Waals surface area contributed by atoms with Gasteiger partial charge in [-0.25, -0.2) is 4.39 Å². The maximum absolute atomic E-state index is 15.4. The molecular weight excluding hydrogens is 509 g/mol. The van der Waals surface area contributed by atoms with E-state index in [0.29, 0.717) is 12.5 Å². The van der Waals surface area contributed by atoms with E-state index < -0.39 is 75.9 Å². The molecule has 6 atom stereocenters. The second-order valence-corrected chi connectivity index (χ2v) is 11.8. The summed E-state index contributed by atoms with van der Waals surface area (Å²) < 4.78 is 15.4. The number of anilines is 1. The Kier molecular flexibility index (Phi) is 6.87. The third-order valence-electron chi connectivity index (χ3n) is 9.31. The molecule has 3 saturated carbocycles. The molecule has 210 valence electrons. The molecule has 0 aromatic heterocycles. The fourth-order valence-electron chi connectivity index (χ4n) is 7.41. The molecule has 5 rings (SSSR count). The number of benzene rings is 1.